The van der Waals surface area contributed by atoms with E-state index in [4.69, 9.17) is 0 Å². The minimum Gasteiger partial charge on any atom is -0.481 e. The van der Waals surface area contributed by atoms with Crippen molar-refractivity contribution >= 4 is 16.9 Å². The molecule has 0 radical (unpaired) electrons. The molecule has 1 heterocycles. The van der Waals surface area contributed by atoms with E-state index < -0.39 is 23.6 Å². The van der Waals surface area contributed by atoms with Gasteiger partial charge in [-0.15, -0.1) is 5.10 Å². The van der Waals surface area contributed by atoms with Crippen molar-refractivity contribution in [3.8, 4) is 11.1 Å². The van der Waals surface area contributed by atoms with E-state index in [9.17, 15) is 24.2 Å². The zero-order valence-electron chi connectivity index (χ0n) is 18.6. The van der Waals surface area contributed by atoms with Crippen molar-refractivity contribution < 1.29 is 19.4 Å². The molecule has 0 saturated heterocycles. The Hall–Kier alpha value is -3.91. The fraction of sp³-hybridized carbons (Fsp3) is 0.231. The number of hydrogen-bond donors (Lipinski definition) is 2. The molecular formula is C26H24FN3O4. The number of carbonyl (C=O) groups is 1. The van der Waals surface area contributed by atoms with Crippen LogP contribution in [0, 0.1) is 18.7 Å². The van der Waals surface area contributed by atoms with Crippen LogP contribution in [-0.2, 0) is 17.8 Å². The van der Waals surface area contributed by atoms with Gasteiger partial charge in [0.05, 0.1) is 18.0 Å². The third kappa shape index (κ3) is 5.02. The lowest BCUT2D eigenvalue weighted by Crippen LogP contribution is -2.37. The van der Waals surface area contributed by atoms with Gasteiger partial charge in [0, 0.05) is 0 Å². The summed E-state index contributed by atoms with van der Waals surface area (Å²) in [6, 6.07) is 19.2. The quantitative estimate of drug-likeness (QED) is 0.415. The molecule has 0 fully saturated rings. The van der Waals surface area contributed by atoms with Crippen molar-refractivity contribution in [3.63, 3.8) is 0 Å². The Morgan fingerprint density at radius 1 is 1.06 bits per heavy atom. The third-order valence-electron chi connectivity index (χ3n) is 5.97. The Balaban J connectivity index is 1.44. The fourth-order valence-corrected chi connectivity index (χ4v) is 3.85. The molecule has 4 rings (SSSR count). The molecule has 7 nitrogen and oxygen atoms in total. The van der Waals surface area contributed by atoms with Gasteiger partial charge >= 0.3 is 5.97 Å². The molecule has 3 aromatic carbocycles. The smallest absolute Gasteiger partial charge is 0.311 e. The molecule has 2 N–H and O–H groups in total. The van der Waals surface area contributed by atoms with Crippen LogP contribution in [-0.4, -0.2) is 37.3 Å². The fourth-order valence-electron chi connectivity index (χ4n) is 3.85. The zero-order valence-corrected chi connectivity index (χ0v) is 18.6. The second-order valence-electron chi connectivity index (χ2n) is 8.31. The van der Waals surface area contributed by atoms with Crippen molar-refractivity contribution in [2.24, 2.45) is 5.92 Å². The molecule has 8 heteroatoms. The maximum absolute atomic E-state index is 13.8. The molecule has 1 aromatic heterocycles. The predicted molar refractivity (Wildman–Crippen MR) is 126 cm³/mol. The number of hydrogen-bond acceptors (Lipinski definition) is 5. The van der Waals surface area contributed by atoms with Gasteiger partial charge in [0.2, 0.25) is 0 Å². The summed E-state index contributed by atoms with van der Waals surface area (Å²) in [6.07, 6.45) is -0.569. The van der Waals surface area contributed by atoms with Gasteiger partial charge < -0.3 is 10.2 Å². The first-order valence-corrected chi connectivity index (χ1v) is 10.9. The first-order chi connectivity index (χ1) is 16.3. The lowest BCUT2D eigenvalue weighted by molar-refractivity contribution is -0.146. The van der Waals surface area contributed by atoms with Crippen LogP contribution in [0.1, 0.15) is 17.5 Å². The lowest BCUT2D eigenvalue weighted by Gasteiger charge is -2.19. The summed E-state index contributed by atoms with van der Waals surface area (Å²) in [6.45, 7) is 1.42. The highest BCUT2D eigenvalue weighted by atomic mass is 19.1. The van der Waals surface area contributed by atoms with E-state index in [2.05, 4.69) is 10.3 Å². The maximum Gasteiger partial charge on any atom is 0.311 e. The van der Waals surface area contributed by atoms with Gasteiger partial charge in [-0.2, -0.15) is 0 Å². The minimum atomic E-state index is -1.22. The first-order valence-electron chi connectivity index (χ1n) is 10.9. The van der Waals surface area contributed by atoms with Gasteiger partial charge in [-0.1, -0.05) is 53.7 Å². The second kappa shape index (κ2) is 9.93. The molecule has 4 aromatic rings. The van der Waals surface area contributed by atoms with E-state index in [0.29, 0.717) is 22.9 Å². The minimum absolute atomic E-state index is 0.186. The van der Waals surface area contributed by atoms with E-state index >= 15 is 0 Å². The van der Waals surface area contributed by atoms with Crippen molar-refractivity contribution in [3.05, 3.63) is 94.0 Å². The van der Waals surface area contributed by atoms with Gasteiger partial charge in [0.25, 0.3) is 5.56 Å². The number of nitrogens with zero attached hydrogens (tertiary/aromatic N) is 3. The molecule has 0 aliphatic rings. The van der Waals surface area contributed by atoms with E-state index in [1.165, 1.54) is 6.07 Å². The summed E-state index contributed by atoms with van der Waals surface area (Å²) < 4.78 is 14.8. The topological polar surface area (TPSA) is 105 Å². The Labute approximate surface area is 195 Å². The maximum atomic E-state index is 13.8. The number of carboxylic acids is 1. The van der Waals surface area contributed by atoms with Crippen LogP contribution in [0.15, 0.2) is 71.5 Å². The number of aliphatic hydroxyl groups excluding tert-OH is 1. The van der Waals surface area contributed by atoms with Crippen LogP contribution in [0.25, 0.3) is 22.0 Å². The SMILES string of the molecule is Cc1ccc(-c2ccc(CCC(O)C(Cn3nnc4ccccc4c3=O)C(=O)O)cc2)cc1F. The van der Waals surface area contributed by atoms with Crippen LogP contribution in [0.4, 0.5) is 4.39 Å². The average molecular weight is 461 g/mol. The summed E-state index contributed by atoms with van der Waals surface area (Å²) in [5.41, 5.74) is 3.09. The molecular weight excluding hydrogens is 437 g/mol. The number of aryl methyl sites for hydroxylation is 2. The summed E-state index contributed by atoms with van der Waals surface area (Å²) in [5.74, 6) is -2.70. The summed E-state index contributed by atoms with van der Waals surface area (Å²) >= 11 is 0. The van der Waals surface area contributed by atoms with Crippen molar-refractivity contribution in [1.29, 1.82) is 0 Å². The number of halogens is 1. The van der Waals surface area contributed by atoms with Crippen LogP contribution in [0.2, 0.25) is 0 Å². The number of benzene rings is 3. The van der Waals surface area contributed by atoms with Crippen molar-refractivity contribution in [2.45, 2.75) is 32.4 Å². The van der Waals surface area contributed by atoms with E-state index in [1.807, 2.05) is 30.3 Å². The van der Waals surface area contributed by atoms with Gasteiger partial charge in [-0.05, 0) is 60.2 Å². The molecule has 174 valence electrons. The van der Waals surface area contributed by atoms with Crippen LogP contribution in [0.3, 0.4) is 0 Å². The van der Waals surface area contributed by atoms with Crippen LogP contribution >= 0.6 is 0 Å². The Kier molecular flexibility index (Phi) is 6.79. The number of fused-ring (bicyclic) bond motifs is 1. The molecule has 0 saturated carbocycles. The predicted octanol–water partition coefficient (Wildman–Crippen LogP) is 3.60. The average Bonchev–Trinajstić information content (AvgIpc) is 2.84. The molecule has 2 atom stereocenters. The number of aliphatic carboxylic acids is 1. The monoisotopic (exact) mass is 461 g/mol. The molecule has 2 unspecified atom stereocenters. The molecule has 0 spiro atoms. The number of aromatic nitrogens is 3. The Bertz CT molecular complexity index is 1390. The molecule has 0 aliphatic carbocycles. The van der Waals surface area contributed by atoms with Gasteiger partial charge in [-0.3, -0.25) is 9.59 Å². The number of rotatable bonds is 8. The number of aliphatic hydroxyl groups is 1. The summed E-state index contributed by atoms with van der Waals surface area (Å²) in [5, 5.41) is 28.4. The highest BCUT2D eigenvalue weighted by Crippen LogP contribution is 2.23. The lowest BCUT2D eigenvalue weighted by atomic mass is 9.95. The molecule has 0 amide bonds. The van der Waals surface area contributed by atoms with E-state index in [1.54, 1.807) is 37.3 Å². The van der Waals surface area contributed by atoms with Gasteiger partial charge in [0.15, 0.2) is 0 Å². The third-order valence-corrected chi connectivity index (χ3v) is 5.97. The summed E-state index contributed by atoms with van der Waals surface area (Å²) in [7, 11) is 0. The van der Waals surface area contributed by atoms with Crippen molar-refractivity contribution in [2.75, 3.05) is 0 Å². The Morgan fingerprint density at radius 2 is 1.76 bits per heavy atom. The standard InChI is InChI=1S/C26H24FN3O4/c1-16-6-10-19(14-22(16)27)18-11-7-17(8-12-18)9-13-24(31)21(26(33)34)15-30-25(32)20-4-2-3-5-23(20)28-29-30/h2-8,10-12,14,21,24,31H,9,13,15H2,1H3,(H,33,34). The van der Waals surface area contributed by atoms with Gasteiger partial charge in [0.1, 0.15) is 17.3 Å². The highest BCUT2D eigenvalue weighted by Gasteiger charge is 2.28. The molecule has 0 aliphatic heterocycles. The van der Waals surface area contributed by atoms with Crippen LogP contribution in [0.5, 0.6) is 0 Å². The largest absolute Gasteiger partial charge is 0.481 e. The zero-order chi connectivity index (χ0) is 24.2. The van der Waals surface area contributed by atoms with E-state index in [-0.39, 0.29) is 18.8 Å². The molecule has 34 heavy (non-hydrogen) atoms. The van der Waals surface area contributed by atoms with E-state index in [0.717, 1.165) is 21.4 Å². The highest BCUT2D eigenvalue weighted by molar-refractivity contribution is 5.76. The van der Waals surface area contributed by atoms with Gasteiger partial charge in [-0.25, -0.2) is 9.07 Å². The second-order valence-corrected chi connectivity index (χ2v) is 8.31. The number of carboxylic acid groups (broad SMARTS) is 1. The first kappa shape index (κ1) is 23.3. The molecule has 0 bridgehead atoms. The van der Waals surface area contributed by atoms with Crippen LogP contribution < -0.4 is 5.56 Å². The Morgan fingerprint density at radius 3 is 2.47 bits per heavy atom. The summed E-state index contributed by atoms with van der Waals surface area (Å²) in [4.78, 5) is 24.5. The normalized spacial score (nSPS) is 13.0. The van der Waals surface area contributed by atoms with Crippen molar-refractivity contribution in [1.82, 2.24) is 15.0 Å².